The average molecular weight is 345 g/mol. The molecule has 2 fully saturated rings. The number of esters is 1. The summed E-state index contributed by atoms with van der Waals surface area (Å²) >= 11 is 0. The Balaban J connectivity index is 1.67. The van der Waals surface area contributed by atoms with Gasteiger partial charge < -0.3 is 15.6 Å². The maximum Gasteiger partial charge on any atom is 0.302 e. The van der Waals surface area contributed by atoms with E-state index in [1.165, 1.54) is 6.92 Å². The molecule has 4 rings (SSSR count). The molecule has 0 bridgehead atoms. The number of rotatable bonds is 1. The molecule has 4 aliphatic rings. The second-order valence-corrected chi connectivity index (χ2v) is 9.21. The lowest BCUT2D eigenvalue weighted by atomic mass is 9.50. The minimum Gasteiger partial charge on any atom is -0.461 e. The first-order chi connectivity index (χ1) is 11.8. The Labute approximate surface area is 150 Å². The van der Waals surface area contributed by atoms with Crippen molar-refractivity contribution in [1.29, 1.82) is 0 Å². The SMILES string of the molecule is CC(=O)OC1C[C@H]2[C@@H]3CCC4CC(O)C=C[C@]4(C)C3=CC[C@]2(C)C1N. The van der Waals surface area contributed by atoms with E-state index in [0.29, 0.717) is 17.8 Å². The van der Waals surface area contributed by atoms with Gasteiger partial charge in [0, 0.05) is 18.4 Å². The van der Waals surface area contributed by atoms with Gasteiger partial charge in [0.05, 0.1) is 6.10 Å². The molecule has 0 aromatic carbocycles. The van der Waals surface area contributed by atoms with Crippen LogP contribution in [0.3, 0.4) is 0 Å². The van der Waals surface area contributed by atoms with Crippen molar-refractivity contribution in [1.82, 2.24) is 0 Å². The zero-order chi connectivity index (χ0) is 18.0. The maximum atomic E-state index is 11.5. The van der Waals surface area contributed by atoms with Crippen LogP contribution in [-0.4, -0.2) is 29.3 Å². The first-order valence-corrected chi connectivity index (χ1v) is 9.76. The van der Waals surface area contributed by atoms with Gasteiger partial charge in [-0.3, -0.25) is 4.79 Å². The summed E-state index contributed by atoms with van der Waals surface area (Å²) < 4.78 is 5.57. The van der Waals surface area contributed by atoms with E-state index in [1.54, 1.807) is 5.57 Å². The molecular formula is C21H31NO3. The van der Waals surface area contributed by atoms with E-state index in [1.807, 2.05) is 6.08 Å². The Morgan fingerprint density at radius 1 is 1.32 bits per heavy atom. The summed E-state index contributed by atoms with van der Waals surface area (Å²) in [6.07, 6.45) is 11.2. The van der Waals surface area contributed by atoms with Gasteiger partial charge in [0.15, 0.2) is 0 Å². The molecule has 4 nitrogen and oxygen atoms in total. The summed E-state index contributed by atoms with van der Waals surface area (Å²) in [5, 5.41) is 10.0. The number of hydrogen-bond donors (Lipinski definition) is 2. The molecule has 0 radical (unpaired) electrons. The van der Waals surface area contributed by atoms with Crippen molar-refractivity contribution >= 4 is 5.97 Å². The fraction of sp³-hybridized carbons (Fsp3) is 0.762. The Morgan fingerprint density at radius 3 is 2.80 bits per heavy atom. The van der Waals surface area contributed by atoms with Crippen LogP contribution in [0.15, 0.2) is 23.8 Å². The third-order valence-electron chi connectivity index (χ3n) is 7.95. The van der Waals surface area contributed by atoms with Crippen LogP contribution in [0.4, 0.5) is 0 Å². The van der Waals surface area contributed by atoms with E-state index < -0.39 is 0 Å². The van der Waals surface area contributed by atoms with Crippen molar-refractivity contribution < 1.29 is 14.6 Å². The third kappa shape index (κ3) is 2.44. The molecule has 25 heavy (non-hydrogen) atoms. The number of carbonyl (C=O) groups is 1. The van der Waals surface area contributed by atoms with Crippen LogP contribution in [0.2, 0.25) is 0 Å². The molecule has 3 N–H and O–H groups in total. The molecule has 0 amide bonds. The fourth-order valence-electron chi connectivity index (χ4n) is 6.45. The lowest BCUT2D eigenvalue weighted by Gasteiger charge is -2.54. The number of ether oxygens (including phenoxy) is 1. The van der Waals surface area contributed by atoms with E-state index >= 15 is 0 Å². The molecule has 0 spiro atoms. The number of hydrogen-bond acceptors (Lipinski definition) is 4. The highest BCUT2D eigenvalue weighted by atomic mass is 16.5. The molecule has 4 heteroatoms. The number of fused-ring (bicyclic) bond motifs is 5. The van der Waals surface area contributed by atoms with E-state index in [4.69, 9.17) is 10.5 Å². The van der Waals surface area contributed by atoms with Gasteiger partial charge in [-0.15, -0.1) is 0 Å². The van der Waals surface area contributed by atoms with Gasteiger partial charge in [0.2, 0.25) is 0 Å². The number of aliphatic hydroxyl groups excluding tert-OH is 1. The predicted molar refractivity (Wildman–Crippen MR) is 96.5 cm³/mol. The number of carbonyl (C=O) groups excluding carboxylic acids is 1. The van der Waals surface area contributed by atoms with Gasteiger partial charge in [-0.1, -0.05) is 37.6 Å². The zero-order valence-electron chi connectivity index (χ0n) is 15.6. The summed E-state index contributed by atoms with van der Waals surface area (Å²) in [5.41, 5.74) is 8.19. The van der Waals surface area contributed by atoms with Gasteiger partial charge in [-0.05, 0) is 55.3 Å². The Kier molecular flexibility index (Phi) is 3.93. The molecule has 4 aliphatic carbocycles. The number of aliphatic hydroxyl groups is 1. The van der Waals surface area contributed by atoms with Crippen LogP contribution in [0, 0.1) is 28.6 Å². The molecule has 8 atom stereocenters. The van der Waals surface area contributed by atoms with Gasteiger partial charge in [-0.25, -0.2) is 0 Å². The summed E-state index contributed by atoms with van der Waals surface area (Å²) in [6, 6.07) is -0.0894. The molecule has 138 valence electrons. The standard InChI is InChI=1S/C21H31NO3/c1-12(23)25-18-11-17-15-5-4-13-10-14(24)6-8-20(13,2)16(15)7-9-21(17,3)19(18)22/h6-8,13-15,17-19,24H,4-5,9-11,22H2,1-3H3/t13?,14?,15-,17+,18?,19?,20+,21+/m1/s1. The van der Waals surface area contributed by atoms with Gasteiger partial charge in [-0.2, -0.15) is 0 Å². The first kappa shape index (κ1) is 17.3. The molecule has 4 unspecified atom stereocenters. The molecule has 0 aliphatic heterocycles. The van der Waals surface area contributed by atoms with Gasteiger partial charge in [0.25, 0.3) is 0 Å². The first-order valence-electron chi connectivity index (χ1n) is 9.76. The molecule has 0 saturated heterocycles. The van der Waals surface area contributed by atoms with E-state index in [0.717, 1.165) is 32.1 Å². The van der Waals surface area contributed by atoms with Crippen molar-refractivity contribution in [2.75, 3.05) is 0 Å². The van der Waals surface area contributed by atoms with Crippen molar-refractivity contribution in [2.45, 2.75) is 71.1 Å². The normalized spacial score (nSPS) is 51.2. The topological polar surface area (TPSA) is 72.5 Å². The summed E-state index contributed by atoms with van der Waals surface area (Å²) in [7, 11) is 0. The van der Waals surface area contributed by atoms with Crippen LogP contribution in [-0.2, 0) is 9.53 Å². The van der Waals surface area contributed by atoms with Crippen LogP contribution in [0.1, 0.15) is 52.9 Å². The lowest BCUT2D eigenvalue weighted by molar-refractivity contribution is -0.147. The highest BCUT2D eigenvalue weighted by molar-refractivity contribution is 5.66. The second kappa shape index (κ2) is 5.68. The van der Waals surface area contributed by atoms with Crippen molar-refractivity contribution in [2.24, 2.45) is 34.3 Å². The Bertz CT molecular complexity index is 641. The fourth-order valence-corrected chi connectivity index (χ4v) is 6.45. The van der Waals surface area contributed by atoms with Crippen LogP contribution in [0.25, 0.3) is 0 Å². The van der Waals surface area contributed by atoms with Crippen LogP contribution in [0.5, 0.6) is 0 Å². The van der Waals surface area contributed by atoms with E-state index in [9.17, 15) is 9.90 Å². The van der Waals surface area contributed by atoms with Crippen LogP contribution >= 0.6 is 0 Å². The average Bonchev–Trinajstić information content (AvgIpc) is 2.79. The van der Waals surface area contributed by atoms with Gasteiger partial charge >= 0.3 is 5.97 Å². The van der Waals surface area contributed by atoms with E-state index in [2.05, 4.69) is 26.0 Å². The quantitative estimate of drug-likeness (QED) is 0.566. The van der Waals surface area contributed by atoms with Crippen molar-refractivity contribution in [3.8, 4) is 0 Å². The van der Waals surface area contributed by atoms with Gasteiger partial charge in [0.1, 0.15) is 6.10 Å². The molecule has 0 aromatic rings. The minimum atomic E-state index is -0.294. The second-order valence-electron chi connectivity index (χ2n) is 9.21. The molecule has 0 aromatic heterocycles. The maximum absolute atomic E-state index is 11.5. The smallest absolute Gasteiger partial charge is 0.302 e. The summed E-state index contributed by atoms with van der Waals surface area (Å²) in [4.78, 5) is 11.5. The molecular weight excluding hydrogens is 314 g/mol. The Morgan fingerprint density at radius 2 is 2.08 bits per heavy atom. The number of allylic oxidation sites excluding steroid dienone is 3. The minimum absolute atomic E-state index is 0.00930. The Hall–Kier alpha value is -1.13. The van der Waals surface area contributed by atoms with Crippen LogP contribution < -0.4 is 5.73 Å². The molecule has 2 saturated carbocycles. The highest BCUT2D eigenvalue weighted by Crippen LogP contribution is 2.63. The lowest BCUT2D eigenvalue weighted by Crippen LogP contribution is -2.50. The highest BCUT2D eigenvalue weighted by Gasteiger charge is 2.59. The monoisotopic (exact) mass is 345 g/mol. The van der Waals surface area contributed by atoms with E-state index in [-0.39, 0.29) is 35.0 Å². The summed E-state index contributed by atoms with van der Waals surface area (Å²) in [5.74, 6) is 1.30. The third-order valence-corrected chi connectivity index (χ3v) is 7.95. The zero-order valence-corrected chi connectivity index (χ0v) is 15.6. The predicted octanol–water partition coefficient (Wildman–Crippen LogP) is 2.96. The molecule has 0 heterocycles. The van der Waals surface area contributed by atoms with Crippen molar-refractivity contribution in [3.63, 3.8) is 0 Å². The van der Waals surface area contributed by atoms with Crippen molar-refractivity contribution in [3.05, 3.63) is 23.8 Å². The number of nitrogens with two attached hydrogens (primary N) is 1. The summed E-state index contributed by atoms with van der Waals surface area (Å²) in [6.45, 7) is 6.11. The largest absolute Gasteiger partial charge is 0.461 e.